The molecular formula is C19H17FN4. The third-order valence-corrected chi connectivity index (χ3v) is 4.12. The third kappa shape index (κ3) is 2.59. The topological polar surface area (TPSA) is 52.7 Å². The van der Waals surface area contributed by atoms with Crippen molar-refractivity contribution in [2.45, 2.75) is 0 Å². The van der Waals surface area contributed by atoms with Crippen molar-refractivity contribution in [2.24, 2.45) is 0 Å². The summed E-state index contributed by atoms with van der Waals surface area (Å²) in [4.78, 5) is 7.83. The summed E-state index contributed by atoms with van der Waals surface area (Å²) in [6, 6.07) is 18.4. The van der Waals surface area contributed by atoms with E-state index in [1.54, 1.807) is 5.54 Å². The number of nitrogens with zero attached hydrogens (tertiary/aromatic N) is 1. The van der Waals surface area contributed by atoms with E-state index in [9.17, 15) is 4.48 Å². The van der Waals surface area contributed by atoms with Gasteiger partial charge in [-0.25, -0.2) is 4.98 Å². The minimum atomic E-state index is 0.270. The molecule has 0 atom stereocenters. The Labute approximate surface area is 138 Å². The van der Waals surface area contributed by atoms with Crippen LogP contribution in [-0.2, 0) is 0 Å². The molecule has 5 heteroatoms. The van der Waals surface area contributed by atoms with Crippen LogP contribution in [0.3, 0.4) is 0 Å². The first-order valence-corrected chi connectivity index (χ1v) is 7.90. The van der Waals surface area contributed by atoms with Crippen LogP contribution in [0.4, 0.5) is 10.2 Å². The number of aromatic amines is 1. The Balaban J connectivity index is 1.83. The minimum Gasteiger partial charge on any atom is -0.384 e. The predicted octanol–water partition coefficient (Wildman–Crippen LogP) is 4.27. The van der Waals surface area contributed by atoms with E-state index < -0.39 is 0 Å². The number of hydrogen-bond donors (Lipinski definition) is 3. The van der Waals surface area contributed by atoms with Gasteiger partial charge in [0.2, 0.25) is 0 Å². The van der Waals surface area contributed by atoms with Gasteiger partial charge in [-0.15, -0.1) is 4.48 Å². The van der Waals surface area contributed by atoms with Crippen molar-refractivity contribution in [3.05, 3.63) is 60.8 Å². The number of nitrogens with one attached hydrogen (secondary N) is 3. The molecule has 2 aromatic carbocycles. The molecule has 0 bridgehead atoms. The molecule has 0 aliphatic carbocycles. The van der Waals surface area contributed by atoms with Crippen LogP contribution in [0.25, 0.3) is 33.1 Å². The summed E-state index contributed by atoms with van der Waals surface area (Å²) in [5, 5.41) is 5.49. The molecule has 2 aromatic heterocycles. The highest BCUT2D eigenvalue weighted by Crippen LogP contribution is 2.34. The molecule has 2 heterocycles. The van der Waals surface area contributed by atoms with Crippen LogP contribution < -0.4 is 10.9 Å². The lowest BCUT2D eigenvalue weighted by molar-refractivity contribution is 0.343. The maximum atomic E-state index is 12.0. The molecule has 0 saturated carbocycles. The molecule has 0 aliphatic heterocycles. The van der Waals surface area contributed by atoms with Crippen molar-refractivity contribution in [3.8, 4) is 11.1 Å². The van der Waals surface area contributed by atoms with E-state index >= 15 is 0 Å². The molecule has 24 heavy (non-hydrogen) atoms. The lowest BCUT2D eigenvalue weighted by Gasteiger charge is -2.09. The Bertz CT molecular complexity index is 993. The standard InChI is InChI=1S/C19H17FN4/c20-23-11-10-21-14-5-3-4-13(12-14)15-8-9-22-19-18(15)16-6-1-2-7-17(16)24-19/h1-9,12,21,23H,10-11H2,(H,22,24). The Morgan fingerprint density at radius 3 is 2.83 bits per heavy atom. The molecule has 3 N–H and O–H groups in total. The van der Waals surface area contributed by atoms with E-state index in [2.05, 4.69) is 39.6 Å². The zero-order chi connectivity index (χ0) is 16.4. The van der Waals surface area contributed by atoms with E-state index in [0.29, 0.717) is 6.54 Å². The highest BCUT2D eigenvalue weighted by atomic mass is 19.2. The summed E-state index contributed by atoms with van der Waals surface area (Å²) in [6.45, 7) is 0.797. The van der Waals surface area contributed by atoms with Crippen LogP contribution in [0.2, 0.25) is 0 Å². The minimum absolute atomic E-state index is 0.270. The van der Waals surface area contributed by atoms with Crippen LogP contribution in [0, 0.1) is 0 Å². The third-order valence-electron chi connectivity index (χ3n) is 4.12. The van der Waals surface area contributed by atoms with Gasteiger partial charge in [-0.1, -0.05) is 30.3 Å². The number of anilines is 1. The molecule has 120 valence electrons. The van der Waals surface area contributed by atoms with E-state index in [-0.39, 0.29) is 6.54 Å². The van der Waals surface area contributed by atoms with Gasteiger partial charge < -0.3 is 10.3 Å². The molecule has 0 saturated heterocycles. The van der Waals surface area contributed by atoms with Crippen molar-refractivity contribution in [1.29, 1.82) is 0 Å². The fraction of sp³-hybridized carbons (Fsp3) is 0.105. The zero-order valence-electron chi connectivity index (χ0n) is 13.0. The Morgan fingerprint density at radius 1 is 1.00 bits per heavy atom. The summed E-state index contributed by atoms with van der Waals surface area (Å²) in [5.41, 5.74) is 6.81. The Hall–Kier alpha value is -2.92. The first-order valence-electron chi connectivity index (χ1n) is 7.90. The van der Waals surface area contributed by atoms with Gasteiger partial charge in [-0.2, -0.15) is 5.54 Å². The average Bonchev–Trinajstić information content (AvgIpc) is 3.01. The first kappa shape index (κ1) is 14.7. The number of rotatable bonds is 5. The van der Waals surface area contributed by atoms with Gasteiger partial charge in [-0.3, -0.25) is 0 Å². The number of benzene rings is 2. The summed E-state index contributed by atoms with van der Waals surface area (Å²) in [5.74, 6) is 0. The molecule has 0 aliphatic rings. The number of pyridine rings is 1. The van der Waals surface area contributed by atoms with Gasteiger partial charge >= 0.3 is 0 Å². The fourth-order valence-corrected chi connectivity index (χ4v) is 3.06. The van der Waals surface area contributed by atoms with Gasteiger partial charge in [0.25, 0.3) is 0 Å². The maximum Gasteiger partial charge on any atom is 0.138 e. The molecule has 0 radical (unpaired) electrons. The van der Waals surface area contributed by atoms with E-state index in [0.717, 1.165) is 38.8 Å². The maximum absolute atomic E-state index is 12.0. The number of para-hydroxylation sites is 1. The molecule has 4 rings (SSSR count). The van der Waals surface area contributed by atoms with Gasteiger partial charge in [-0.05, 0) is 35.4 Å². The van der Waals surface area contributed by atoms with Gasteiger partial charge in [0, 0.05) is 41.3 Å². The van der Waals surface area contributed by atoms with Crippen molar-refractivity contribution < 1.29 is 4.48 Å². The van der Waals surface area contributed by atoms with Gasteiger partial charge in [0.15, 0.2) is 0 Å². The first-order chi connectivity index (χ1) is 11.9. The van der Waals surface area contributed by atoms with Crippen molar-refractivity contribution >= 4 is 27.6 Å². The molecule has 0 amide bonds. The lowest BCUT2D eigenvalue weighted by atomic mass is 10.0. The quantitative estimate of drug-likeness (QED) is 0.380. The van der Waals surface area contributed by atoms with Crippen molar-refractivity contribution in [1.82, 2.24) is 15.5 Å². The number of H-pyrrole nitrogens is 1. The zero-order valence-corrected chi connectivity index (χ0v) is 13.0. The second-order valence-electron chi connectivity index (χ2n) is 5.64. The second kappa shape index (κ2) is 6.29. The number of fused-ring (bicyclic) bond motifs is 3. The van der Waals surface area contributed by atoms with Crippen LogP contribution >= 0.6 is 0 Å². The molecule has 0 unspecified atom stereocenters. The molecule has 0 fully saturated rings. The summed E-state index contributed by atoms with van der Waals surface area (Å²) >= 11 is 0. The SMILES string of the molecule is FNCCNc1cccc(-c2ccnc3[nH]c4ccccc4c23)c1. The molecule has 4 nitrogen and oxygen atoms in total. The highest BCUT2D eigenvalue weighted by Gasteiger charge is 2.11. The second-order valence-corrected chi connectivity index (χ2v) is 5.64. The van der Waals surface area contributed by atoms with E-state index in [1.807, 2.05) is 36.5 Å². The summed E-state index contributed by atoms with van der Waals surface area (Å²) in [6.07, 6.45) is 1.82. The van der Waals surface area contributed by atoms with Crippen molar-refractivity contribution in [3.63, 3.8) is 0 Å². The number of hydrogen-bond acceptors (Lipinski definition) is 3. The van der Waals surface area contributed by atoms with Crippen molar-refractivity contribution in [2.75, 3.05) is 18.4 Å². The van der Waals surface area contributed by atoms with Crippen LogP contribution in [0.5, 0.6) is 0 Å². The molecular weight excluding hydrogens is 303 g/mol. The van der Waals surface area contributed by atoms with Crippen LogP contribution in [-0.4, -0.2) is 23.1 Å². The fourth-order valence-electron chi connectivity index (χ4n) is 3.06. The summed E-state index contributed by atoms with van der Waals surface area (Å²) < 4.78 is 12.0. The summed E-state index contributed by atoms with van der Waals surface area (Å²) in [7, 11) is 0. The van der Waals surface area contributed by atoms with E-state index in [4.69, 9.17) is 0 Å². The average molecular weight is 320 g/mol. The van der Waals surface area contributed by atoms with E-state index in [1.165, 1.54) is 0 Å². The molecule has 0 spiro atoms. The Morgan fingerprint density at radius 2 is 1.92 bits per heavy atom. The van der Waals surface area contributed by atoms with Crippen LogP contribution in [0.1, 0.15) is 0 Å². The highest BCUT2D eigenvalue weighted by molar-refractivity contribution is 6.12. The lowest BCUT2D eigenvalue weighted by Crippen LogP contribution is -2.14. The molecule has 4 aromatic rings. The number of aromatic nitrogens is 2. The van der Waals surface area contributed by atoms with Crippen LogP contribution in [0.15, 0.2) is 60.8 Å². The number of halogens is 1. The predicted molar refractivity (Wildman–Crippen MR) is 96.6 cm³/mol. The largest absolute Gasteiger partial charge is 0.384 e. The Kier molecular flexibility index (Phi) is 3.84. The monoisotopic (exact) mass is 320 g/mol. The van der Waals surface area contributed by atoms with Gasteiger partial charge in [0.05, 0.1) is 0 Å². The smallest absolute Gasteiger partial charge is 0.138 e. The normalized spacial score (nSPS) is 11.2. The van der Waals surface area contributed by atoms with Gasteiger partial charge in [0.1, 0.15) is 5.65 Å².